The molecule has 0 unspecified atom stereocenters. The molecule has 1 rings (SSSR count). The van der Waals surface area contributed by atoms with Crippen LogP contribution in [0.1, 0.15) is 10.4 Å². The summed E-state index contributed by atoms with van der Waals surface area (Å²) in [6.07, 6.45) is 2.75. The van der Waals surface area contributed by atoms with Gasteiger partial charge in [0.25, 0.3) is 0 Å². The summed E-state index contributed by atoms with van der Waals surface area (Å²) in [6, 6.07) is 2.98. The van der Waals surface area contributed by atoms with E-state index in [0.29, 0.717) is 0 Å². The van der Waals surface area contributed by atoms with Crippen molar-refractivity contribution >= 4 is 5.97 Å². The first kappa shape index (κ1) is 9.97. The van der Waals surface area contributed by atoms with Crippen LogP contribution < -0.4 is 5.11 Å². The van der Waals surface area contributed by atoms with Crippen LogP contribution in [0.25, 0.3) is 0 Å². The fourth-order valence-electron chi connectivity index (χ4n) is 0.484. The molecule has 0 fully saturated rings. The van der Waals surface area contributed by atoms with Gasteiger partial charge in [-0.25, -0.2) is 0 Å². The summed E-state index contributed by atoms with van der Waals surface area (Å²) in [5, 5.41) is 10.0. The summed E-state index contributed by atoms with van der Waals surface area (Å²) < 4.78 is 0. The third-order valence-corrected chi connectivity index (χ3v) is 0.897. The second-order valence-corrected chi connectivity index (χ2v) is 1.53. The molecule has 0 aliphatic rings. The Morgan fingerprint density at radius 2 is 2.30 bits per heavy atom. The summed E-state index contributed by atoms with van der Waals surface area (Å²) in [5.74, 6) is -1.19. The standard InChI is InChI=1S/C6H5NO2.Nd/c8-6(9)5-2-1-3-7-4-5;/h1-4H,(H,8,9);/q;+3/p-1. The van der Waals surface area contributed by atoms with Gasteiger partial charge in [-0.15, -0.1) is 0 Å². The number of rotatable bonds is 1. The van der Waals surface area contributed by atoms with Crippen LogP contribution in [-0.2, 0) is 0 Å². The van der Waals surface area contributed by atoms with Crippen LogP contribution >= 0.6 is 0 Å². The van der Waals surface area contributed by atoms with E-state index in [4.69, 9.17) is 0 Å². The number of carbonyl (C=O) groups excluding carboxylic acids is 1. The number of hydrogen-bond donors (Lipinski definition) is 0. The molecule has 3 nitrogen and oxygen atoms in total. The quantitative estimate of drug-likeness (QED) is 0.685. The van der Waals surface area contributed by atoms with E-state index in [0.717, 1.165) is 0 Å². The van der Waals surface area contributed by atoms with Crippen molar-refractivity contribution in [3.8, 4) is 0 Å². The molecule has 10 heavy (non-hydrogen) atoms. The number of carboxylic acids is 1. The van der Waals surface area contributed by atoms with Crippen molar-refractivity contribution in [2.45, 2.75) is 0 Å². The number of carboxylic acid groups (broad SMARTS) is 1. The van der Waals surface area contributed by atoms with Crippen LogP contribution in [0.4, 0.5) is 0 Å². The SMILES string of the molecule is O=C([O-])c1cccnc1.[Nd+3]. The monoisotopic (exact) mass is 264 g/mol. The largest absolute Gasteiger partial charge is 3.00 e. The van der Waals surface area contributed by atoms with E-state index in [9.17, 15) is 9.90 Å². The molecule has 4 heteroatoms. The number of carbonyl (C=O) groups is 1. The molecule has 47 valence electrons. The summed E-state index contributed by atoms with van der Waals surface area (Å²) in [4.78, 5) is 13.6. The van der Waals surface area contributed by atoms with Crippen molar-refractivity contribution in [1.82, 2.24) is 4.98 Å². The van der Waals surface area contributed by atoms with Gasteiger partial charge in [0, 0.05) is 18.0 Å². The van der Waals surface area contributed by atoms with Crippen molar-refractivity contribution < 1.29 is 50.7 Å². The van der Waals surface area contributed by atoms with Crippen molar-refractivity contribution in [2.24, 2.45) is 0 Å². The average molecular weight is 266 g/mol. The van der Waals surface area contributed by atoms with E-state index in [1.165, 1.54) is 18.5 Å². The van der Waals surface area contributed by atoms with Crippen LogP contribution in [0.2, 0.25) is 0 Å². The van der Waals surface area contributed by atoms with Gasteiger partial charge in [0.2, 0.25) is 0 Å². The van der Waals surface area contributed by atoms with E-state index in [2.05, 4.69) is 4.98 Å². The summed E-state index contributed by atoms with van der Waals surface area (Å²) in [6.45, 7) is 0. The molecular formula is C6H4NNdO2+2. The van der Waals surface area contributed by atoms with E-state index in [-0.39, 0.29) is 46.4 Å². The third kappa shape index (κ3) is 2.70. The normalized spacial score (nSPS) is 8.00. The van der Waals surface area contributed by atoms with Gasteiger partial charge in [0.1, 0.15) is 0 Å². The first-order chi connectivity index (χ1) is 4.30. The van der Waals surface area contributed by atoms with Gasteiger partial charge < -0.3 is 9.90 Å². The van der Waals surface area contributed by atoms with Crippen LogP contribution in [0.5, 0.6) is 0 Å². The number of aromatic nitrogens is 1. The molecule has 0 saturated heterocycles. The minimum Gasteiger partial charge on any atom is -0.545 e. The molecule has 1 radical (unpaired) electrons. The van der Waals surface area contributed by atoms with E-state index in [1.807, 2.05) is 0 Å². The Kier molecular flexibility index (Phi) is 4.72. The Morgan fingerprint density at radius 1 is 1.60 bits per heavy atom. The fourth-order valence-corrected chi connectivity index (χ4v) is 0.484. The topological polar surface area (TPSA) is 53.0 Å². The number of pyridine rings is 1. The number of aromatic carboxylic acids is 1. The van der Waals surface area contributed by atoms with Crippen molar-refractivity contribution in [3.63, 3.8) is 0 Å². The molecule has 0 saturated carbocycles. The van der Waals surface area contributed by atoms with Gasteiger partial charge in [0.15, 0.2) is 0 Å². The first-order valence-corrected chi connectivity index (χ1v) is 2.42. The van der Waals surface area contributed by atoms with Crippen LogP contribution in [-0.4, -0.2) is 11.0 Å². The van der Waals surface area contributed by atoms with E-state index < -0.39 is 5.97 Å². The Labute approximate surface area is 91.0 Å². The van der Waals surface area contributed by atoms with Gasteiger partial charge in [-0.05, 0) is 6.07 Å². The summed E-state index contributed by atoms with van der Waals surface area (Å²) in [5.41, 5.74) is 0.109. The minimum absolute atomic E-state index is 0. The number of hydrogen-bond acceptors (Lipinski definition) is 3. The number of nitrogens with zero attached hydrogens (tertiary/aromatic N) is 1. The fraction of sp³-hybridized carbons (Fsp3) is 0. The maximum absolute atomic E-state index is 10.0. The Balaban J connectivity index is 0.000000810. The predicted molar refractivity (Wildman–Crippen MR) is 28.6 cm³/mol. The minimum atomic E-state index is -1.19. The molecule has 0 aliphatic carbocycles. The van der Waals surface area contributed by atoms with Crippen molar-refractivity contribution in [1.29, 1.82) is 0 Å². The van der Waals surface area contributed by atoms with Gasteiger partial charge >= 0.3 is 40.8 Å². The molecule has 0 amide bonds. The van der Waals surface area contributed by atoms with E-state index in [1.54, 1.807) is 6.07 Å². The molecule has 0 N–H and O–H groups in total. The van der Waals surface area contributed by atoms with Gasteiger partial charge in [-0.3, -0.25) is 4.98 Å². The molecule has 1 aromatic heterocycles. The molecule has 1 heterocycles. The van der Waals surface area contributed by atoms with E-state index >= 15 is 0 Å². The first-order valence-electron chi connectivity index (χ1n) is 2.42. The maximum atomic E-state index is 10.0. The Bertz CT molecular complexity index is 212. The summed E-state index contributed by atoms with van der Waals surface area (Å²) >= 11 is 0. The Morgan fingerprint density at radius 3 is 2.60 bits per heavy atom. The maximum Gasteiger partial charge on any atom is 3.00 e. The molecule has 0 aliphatic heterocycles. The second-order valence-electron chi connectivity index (χ2n) is 1.53. The van der Waals surface area contributed by atoms with Crippen LogP contribution in [0.15, 0.2) is 24.5 Å². The molecule has 0 atom stereocenters. The zero-order chi connectivity index (χ0) is 6.69. The molecular weight excluding hydrogens is 262 g/mol. The van der Waals surface area contributed by atoms with Gasteiger partial charge in [0.05, 0.1) is 5.97 Å². The van der Waals surface area contributed by atoms with Gasteiger partial charge in [-0.1, -0.05) is 6.07 Å². The second kappa shape index (κ2) is 4.74. The summed E-state index contributed by atoms with van der Waals surface area (Å²) in [7, 11) is 0. The van der Waals surface area contributed by atoms with Crippen molar-refractivity contribution in [3.05, 3.63) is 30.1 Å². The Hall–Kier alpha value is -0.0294. The molecule has 0 aromatic carbocycles. The predicted octanol–water partition coefficient (Wildman–Crippen LogP) is -0.555. The zero-order valence-corrected chi connectivity index (χ0v) is 8.28. The van der Waals surface area contributed by atoms with Crippen LogP contribution in [0.3, 0.4) is 0 Å². The molecule has 0 bridgehead atoms. The van der Waals surface area contributed by atoms with Crippen LogP contribution in [0, 0.1) is 40.8 Å². The van der Waals surface area contributed by atoms with Crippen molar-refractivity contribution in [2.75, 3.05) is 0 Å². The third-order valence-electron chi connectivity index (χ3n) is 0.897. The molecule has 1 aromatic rings. The van der Waals surface area contributed by atoms with Gasteiger partial charge in [-0.2, -0.15) is 0 Å². The smallest absolute Gasteiger partial charge is 0.545 e. The molecule has 0 spiro atoms. The zero-order valence-electron chi connectivity index (χ0n) is 5.07. The average Bonchev–Trinajstić information content (AvgIpc) is 1.90.